The first-order chi connectivity index (χ1) is 7.59. The minimum Gasteiger partial charge on any atom is -0.340 e. The van der Waals surface area contributed by atoms with Crippen molar-refractivity contribution in [2.45, 2.75) is 19.5 Å². The second kappa shape index (κ2) is 4.09. The number of likely N-dealkylation sites (N-methyl/N-ethyl adjacent to an activating group) is 1. The van der Waals surface area contributed by atoms with Gasteiger partial charge < -0.3 is 14.5 Å². The van der Waals surface area contributed by atoms with Crippen LogP contribution < -0.4 is 5.56 Å². The molecule has 1 atom stereocenters. The van der Waals surface area contributed by atoms with Gasteiger partial charge in [-0.25, -0.2) is 4.98 Å². The van der Waals surface area contributed by atoms with Gasteiger partial charge in [0.05, 0.1) is 11.8 Å². The Kier molecular flexibility index (Phi) is 2.78. The van der Waals surface area contributed by atoms with Crippen LogP contribution in [0.25, 0.3) is 11.0 Å². The zero-order chi connectivity index (χ0) is 11.7. The molecule has 5 heteroatoms. The van der Waals surface area contributed by atoms with Crippen molar-refractivity contribution < 1.29 is 0 Å². The molecule has 1 N–H and O–H groups in total. The zero-order valence-corrected chi connectivity index (χ0v) is 9.77. The lowest BCUT2D eigenvalue weighted by Crippen LogP contribution is -2.29. The van der Waals surface area contributed by atoms with Crippen molar-refractivity contribution >= 4 is 11.0 Å². The van der Waals surface area contributed by atoms with Gasteiger partial charge in [-0.2, -0.15) is 0 Å². The molecule has 0 spiro atoms. The second-order valence-electron chi connectivity index (χ2n) is 4.25. The van der Waals surface area contributed by atoms with Gasteiger partial charge in [0, 0.05) is 18.8 Å². The molecule has 0 aliphatic rings. The summed E-state index contributed by atoms with van der Waals surface area (Å²) in [7, 11) is 4.05. The molecule has 2 aromatic rings. The van der Waals surface area contributed by atoms with Crippen molar-refractivity contribution in [2.75, 3.05) is 14.1 Å². The predicted molar refractivity (Wildman–Crippen MR) is 63.5 cm³/mol. The van der Waals surface area contributed by atoms with Gasteiger partial charge in [0.2, 0.25) is 0 Å². The Balaban J connectivity index is 2.42. The van der Waals surface area contributed by atoms with Gasteiger partial charge in [0.25, 0.3) is 5.56 Å². The molecule has 0 saturated carbocycles. The van der Waals surface area contributed by atoms with Crippen LogP contribution in [-0.2, 0) is 6.54 Å². The van der Waals surface area contributed by atoms with Crippen LogP contribution in [0.15, 0.2) is 23.4 Å². The maximum absolute atomic E-state index is 11.7. The first kappa shape index (κ1) is 10.9. The summed E-state index contributed by atoms with van der Waals surface area (Å²) in [6.07, 6.45) is 3.34. The van der Waals surface area contributed by atoms with Crippen molar-refractivity contribution in [3.8, 4) is 0 Å². The topological polar surface area (TPSA) is 53.9 Å². The monoisotopic (exact) mass is 220 g/mol. The van der Waals surface area contributed by atoms with E-state index in [9.17, 15) is 4.79 Å². The Bertz CT molecular complexity index is 540. The molecule has 0 aliphatic carbocycles. The van der Waals surface area contributed by atoms with E-state index < -0.39 is 0 Å². The summed E-state index contributed by atoms with van der Waals surface area (Å²) >= 11 is 0. The molecule has 2 aromatic heterocycles. The summed E-state index contributed by atoms with van der Waals surface area (Å²) < 4.78 is 1.95. The van der Waals surface area contributed by atoms with Crippen molar-refractivity contribution in [2.24, 2.45) is 0 Å². The highest BCUT2D eigenvalue weighted by Gasteiger charge is 2.10. The zero-order valence-electron chi connectivity index (χ0n) is 9.77. The minimum absolute atomic E-state index is 0.0824. The Labute approximate surface area is 93.7 Å². The first-order valence-corrected chi connectivity index (χ1v) is 5.28. The van der Waals surface area contributed by atoms with E-state index >= 15 is 0 Å². The molecule has 16 heavy (non-hydrogen) atoms. The molecular formula is C11H16N4O. The van der Waals surface area contributed by atoms with Crippen LogP contribution in [0.1, 0.15) is 6.92 Å². The molecule has 2 rings (SSSR count). The van der Waals surface area contributed by atoms with Crippen molar-refractivity contribution in [1.29, 1.82) is 0 Å². The molecule has 86 valence electrons. The van der Waals surface area contributed by atoms with Crippen LogP contribution in [0.5, 0.6) is 0 Å². The summed E-state index contributed by atoms with van der Waals surface area (Å²) in [5.74, 6) is 0. The van der Waals surface area contributed by atoms with Crippen LogP contribution in [0.4, 0.5) is 0 Å². The average molecular weight is 220 g/mol. The molecule has 0 bridgehead atoms. The van der Waals surface area contributed by atoms with Gasteiger partial charge in [-0.1, -0.05) is 0 Å². The number of hydrogen-bond acceptors (Lipinski definition) is 3. The maximum atomic E-state index is 11.7. The van der Waals surface area contributed by atoms with Gasteiger partial charge in [-0.3, -0.25) is 4.79 Å². The number of H-pyrrole nitrogens is 1. The number of aromatic nitrogens is 3. The van der Waals surface area contributed by atoms with Crippen LogP contribution >= 0.6 is 0 Å². The maximum Gasteiger partial charge on any atom is 0.275 e. The molecule has 0 amide bonds. The average Bonchev–Trinajstić information content (AvgIpc) is 2.63. The quantitative estimate of drug-likeness (QED) is 0.827. The molecule has 0 aliphatic heterocycles. The highest BCUT2D eigenvalue weighted by molar-refractivity contribution is 5.74. The smallest absolute Gasteiger partial charge is 0.275 e. The summed E-state index contributed by atoms with van der Waals surface area (Å²) in [5.41, 5.74) is 1.31. The Hall–Kier alpha value is -1.62. The number of aromatic amines is 1. The number of rotatable bonds is 3. The summed E-state index contributed by atoms with van der Waals surface area (Å²) in [5, 5.41) is 0. The van der Waals surface area contributed by atoms with Crippen molar-refractivity contribution in [1.82, 2.24) is 19.4 Å². The lowest BCUT2D eigenvalue weighted by atomic mass is 10.3. The molecule has 0 aromatic carbocycles. The molecule has 0 saturated heterocycles. The standard InChI is InChI=1S/C11H16N4O/c1-8(14(2)3)6-15-5-4-9-10(15)11(16)13-7-12-9/h4-5,7-8H,6H2,1-3H3,(H,12,13,16)/t8-/m0/s1. The third kappa shape index (κ3) is 1.86. The van der Waals surface area contributed by atoms with Crippen LogP contribution in [-0.4, -0.2) is 39.6 Å². The van der Waals surface area contributed by atoms with Gasteiger partial charge >= 0.3 is 0 Å². The summed E-state index contributed by atoms with van der Waals surface area (Å²) in [6.45, 7) is 2.90. The van der Waals surface area contributed by atoms with E-state index in [1.54, 1.807) is 0 Å². The van der Waals surface area contributed by atoms with E-state index in [0.29, 0.717) is 11.6 Å². The van der Waals surface area contributed by atoms with Crippen molar-refractivity contribution in [3.05, 3.63) is 28.9 Å². The van der Waals surface area contributed by atoms with Gasteiger partial charge in [0.1, 0.15) is 5.52 Å². The fourth-order valence-corrected chi connectivity index (χ4v) is 1.64. The van der Waals surface area contributed by atoms with Crippen LogP contribution in [0, 0.1) is 0 Å². The van der Waals surface area contributed by atoms with E-state index in [1.165, 1.54) is 6.33 Å². The van der Waals surface area contributed by atoms with E-state index in [-0.39, 0.29) is 5.56 Å². The Morgan fingerprint density at radius 2 is 2.31 bits per heavy atom. The first-order valence-electron chi connectivity index (χ1n) is 5.28. The van der Waals surface area contributed by atoms with Gasteiger partial charge in [0.15, 0.2) is 0 Å². The molecule has 0 radical (unpaired) electrons. The Morgan fingerprint density at radius 3 is 3.00 bits per heavy atom. The lowest BCUT2D eigenvalue weighted by Gasteiger charge is -2.20. The normalized spacial score (nSPS) is 13.5. The number of hydrogen-bond donors (Lipinski definition) is 1. The SMILES string of the molecule is C[C@@H](Cn1ccc2nc[nH]c(=O)c21)N(C)C. The minimum atomic E-state index is -0.0824. The molecule has 5 nitrogen and oxygen atoms in total. The van der Waals surface area contributed by atoms with Crippen LogP contribution in [0.3, 0.4) is 0 Å². The lowest BCUT2D eigenvalue weighted by molar-refractivity contribution is 0.286. The fraction of sp³-hybridized carbons (Fsp3) is 0.455. The highest BCUT2D eigenvalue weighted by atomic mass is 16.1. The third-order valence-electron chi connectivity index (χ3n) is 2.90. The second-order valence-corrected chi connectivity index (χ2v) is 4.25. The molecule has 2 heterocycles. The van der Waals surface area contributed by atoms with E-state index in [2.05, 4.69) is 21.8 Å². The van der Waals surface area contributed by atoms with Gasteiger partial charge in [-0.15, -0.1) is 0 Å². The fourth-order valence-electron chi connectivity index (χ4n) is 1.64. The third-order valence-corrected chi connectivity index (χ3v) is 2.90. The Morgan fingerprint density at radius 1 is 1.56 bits per heavy atom. The number of nitrogens with one attached hydrogen (secondary N) is 1. The van der Waals surface area contributed by atoms with Crippen molar-refractivity contribution in [3.63, 3.8) is 0 Å². The molecule has 0 unspecified atom stereocenters. The summed E-state index contributed by atoms with van der Waals surface area (Å²) in [4.78, 5) is 20.5. The summed E-state index contributed by atoms with van der Waals surface area (Å²) in [6, 6.07) is 2.24. The van der Waals surface area contributed by atoms with E-state index in [0.717, 1.165) is 12.1 Å². The predicted octanol–water partition coefficient (Wildman–Crippen LogP) is 0.675. The molecule has 0 fully saturated rings. The van der Waals surface area contributed by atoms with Gasteiger partial charge in [-0.05, 0) is 27.1 Å². The highest BCUT2D eigenvalue weighted by Crippen LogP contribution is 2.09. The number of fused-ring (bicyclic) bond motifs is 1. The van der Waals surface area contributed by atoms with E-state index in [4.69, 9.17) is 0 Å². The van der Waals surface area contributed by atoms with E-state index in [1.807, 2.05) is 30.9 Å². The molecular weight excluding hydrogens is 204 g/mol. The number of nitrogens with zero attached hydrogens (tertiary/aromatic N) is 3. The largest absolute Gasteiger partial charge is 0.340 e. The van der Waals surface area contributed by atoms with Crippen LogP contribution in [0.2, 0.25) is 0 Å².